The predicted molar refractivity (Wildman–Crippen MR) is 76.2 cm³/mol. The second kappa shape index (κ2) is 5.63. The highest BCUT2D eigenvalue weighted by molar-refractivity contribution is 5.79. The quantitative estimate of drug-likeness (QED) is 0.894. The number of hydrogen-bond donors (Lipinski definition) is 2. The van der Waals surface area contributed by atoms with E-state index in [1.165, 1.54) is 0 Å². The maximum atomic E-state index is 12.1. The molecule has 1 amide bonds. The van der Waals surface area contributed by atoms with Gasteiger partial charge in [0.2, 0.25) is 5.91 Å². The number of carbonyl (C=O) groups excluding carboxylic acids is 1. The van der Waals surface area contributed by atoms with Gasteiger partial charge in [0.15, 0.2) is 11.5 Å². The molecular weight excluding hydrogens is 254 g/mol. The molecule has 0 saturated carbocycles. The Kier molecular flexibility index (Phi) is 3.69. The molecule has 106 valence electrons. The SMILES string of the molecule is Cc1nc2cc(CNC(=O)C3CCNCC3)ccc2o1. The number of aromatic nitrogens is 1. The molecule has 2 heterocycles. The summed E-state index contributed by atoms with van der Waals surface area (Å²) >= 11 is 0. The number of oxazole rings is 1. The monoisotopic (exact) mass is 273 g/mol. The number of fused-ring (bicyclic) bond motifs is 1. The maximum Gasteiger partial charge on any atom is 0.223 e. The third kappa shape index (κ3) is 2.82. The predicted octanol–water partition coefficient (Wildman–Crippen LogP) is 1.75. The first-order valence-corrected chi connectivity index (χ1v) is 7.07. The molecular formula is C15H19N3O2. The lowest BCUT2D eigenvalue weighted by Crippen LogP contribution is -2.37. The molecule has 20 heavy (non-hydrogen) atoms. The summed E-state index contributed by atoms with van der Waals surface area (Å²) in [5.74, 6) is 0.966. The Hall–Kier alpha value is -1.88. The normalized spacial score (nSPS) is 16.4. The van der Waals surface area contributed by atoms with E-state index in [1.807, 2.05) is 25.1 Å². The molecule has 0 spiro atoms. The summed E-state index contributed by atoms with van der Waals surface area (Å²) in [6, 6.07) is 5.84. The van der Waals surface area contributed by atoms with Crippen LogP contribution in [-0.4, -0.2) is 24.0 Å². The van der Waals surface area contributed by atoms with Crippen LogP contribution >= 0.6 is 0 Å². The van der Waals surface area contributed by atoms with Crippen molar-refractivity contribution in [2.24, 2.45) is 5.92 Å². The first-order chi connectivity index (χ1) is 9.72. The van der Waals surface area contributed by atoms with Crippen molar-refractivity contribution in [1.29, 1.82) is 0 Å². The van der Waals surface area contributed by atoms with Gasteiger partial charge in [0, 0.05) is 19.4 Å². The minimum Gasteiger partial charge on any atom is -0.441 e. The summed E-state index contributed by atoms with van der Waals surface area (Å²) in [6.07, 6.45) is 1.85. The molecule has 1 aliphatic rings. The third-order valence-corrected chi connectivity index (χ3v) is 3.74. The second-order valence-electron chi connectivity index (χ2n) is 5.28. The number of nitrogens with one attached hydrogen (secondary N) is 2. The lowest BCUT2D eigenvalue weighted by molar-refractivity contribution is -0.125. The molecule has 0 radical (unpaired) electrons. The molecule has 0 unspecified atom stereocenters. The van der Waals surface area contributed by atoms with Gasteiger partial charge in [-0.2, -0.15) is 0 Å². The van der Waals surface area contributed by atoms with Crippen LogP contribution in [0.5, 0.6) is 0 Å². The van der Waals surface area contributed by atoms with E-state index in [-0.39, 0.29) is 11.8 Å². The van der Waals surface area contributed by atoms with Gasteiger partial charge in [0.05, 0.1) is 0 Å². The molecule has 5 heteroatoms. The van der Waals surface area contributed by atoms with Crippen LogP contribution in [0.25, 0.3) is 11.1 Å². The molecule has 2 aromatic rings. The average molecular weight is 273 g/mol. The fourth-order valence-electron chi connectivity index (χ4n) is 2.62. The average Bonchev–Trinajstić information content (AvgIpc) is 2.85. The van der Waals surface area contributed by atoms with Crippen molar-refractivity contribution in [3.63, 3.8) is 0 Å². The Morgan fingerprint density at radius 3 is 3.05 bits per heavy atom. The molecule has 5 nitrogen and oxygen atoms in total. The van der Waals surface area contributed by atoms with Crippen LogP contribution in [0.3, 0.4) is 0 Å². The van der Waals surface area contributed by atoms with Crippen LogP contribution < -0.4 is 10.6 Å². The van der Waals surface area contributed by atoms with Crippen molar-refractivity contribution in [3.8, 4) is 0 Å². The van der Waals surface area contributed by atoms with E-state index in [0.717, 1.165) is 42.6 Å². The second-order valence-corrected chi connectivity index (χ2v) is 5.28. The number of amides is 1. The van der Waals surface area contributed by atoms with E-state index >= 15 is 0 Å². The molecule has 1 aromatic carbocycles. The summed E-state index contributed by atoms with van der Waals surface area (Å²) < 4.78 is 5.44. The van der Waals surface area contributed by atoms with Crippen molar-refractivity contribution in [2.75, 3.05) is 13.1 Å². The van der Waals surface area contributed by atoms with Gasteiger partial charge in [-0.1, -0.05) is 6.07 Å². The van der Waals surface area contributed by atoms with Gasteiger partial charge in [0.1, 0.15) is 5.52 Å². The van der Waals surface area contributed by atoms with Gasteiger partial charge in [-0.05, 0) is 43.6 Å². The summed E-state index contributed by atoms with van der Waals surface area (Å²) in [5, 5.41) is 6.28. The van der Waals surface area contributed by atoms with E-state index in [2.05, 4.69) is 15.6 Å². The van der Waals surface area contributed by atoms with E-state index in [9.17, 15) is 4.79 Å². The van der Waals surface area contributed by atoms with Crippen LogP contribution in [0.15, 0.2) is 22.6 Å². The van der Waals surface area contributed by atoms with Crippen LogP contribution in [0.1, 0.15) is 24.3 Å². The molecule has 1 saturated heterocycles. The zero-order chi connectivity index (χ0) is 13.9. The highest BCUT2D eigenvalue weighted by Gasteiger charge is 2.20. The van der Waals surface area contributed by atoms with Gasteiger partial charge < -0.3 is 15.1 Å². The molecule has 0 aliphatic carbocycles. The Labute approximate surface area is 117 Å². The fourth-order valence-corrected chi connectivity index (χ4v) is 2.62. The smallest absolute Gasteiger partial charge is 0.223 e. The maximum absolute atomic E-state index is 12.1. The van der Waals surface area contributed by atoms with Crippen LogP contribution in [0, 0.1) is 12.8 Å². The number of hydrogen-bond acceptors (Lipinski definition) is 4. The van der Waals surface area contributed by atoms with Crippen molar-refractivity contribution in [3.05, 3.63) is 29.7 Å². The minimum atomic E-state index is 0.147. The van der Waals surface area contributed by atoms with E-state index < -0.39 is 0 Å². The number of aryl methyl sites for hydroxylation is 1. The van der Waals surface area contributed by atoms with Crippen molar-refractivity contribution in [1.82, 2.24) is 15.6 Å². The van der Waals surface area contributed by atoms with Crippen molar-refractivity contribution in [2.45, 2.75) is 26.3 Å². The number of piperidine rings is 1. The molecule has 0 atom stereocenters. The molecule has 1 aliphatic heterocycles. The van der Waals surface area contributed by atoms with E-state index in [0.29, 0.717) is 12.4 Å². The minimum absolute atomic E-state index is 0.147. The first-order valence-electron chi connectivity index (χ1n) is 7.07. The van der Waals surface area contributed by atoms with E-state index in [4.69, 9.17) is 4.42 Å². The zero-order valence-electron chi connectivity index (χ0n) is 11.6. The zero-order valence-corrected chi connectivity index (χ0v) is 11.6. The van der Waals surface area contributed by atoms with Crippen molar-refractivity contribution >= 4 is 17.0 Å². The largest absolute Gasteiger partial charge is 0.441 e. The number of benzene rings is 1. The van der Waals surface area contributed by atoms with Gasteiger partial charge in [-0.15, -0.1) is 0 Å². The van der Waals surface area contributed by atoms with Gasteiger partial charge in [-0.3, -0.25) is 4.79 Å². The van der Waals surface area contributed by atoms with Gasteiger partial charge >= 0.3 is 0 Å². The summed E-state index contributed by atoms with van der Waals surface area (Å²) in [4.78, 5) is 16.4. The Bertz CT molecular complexity index is 615. The standard InChI is InChI=1S/C15H19N3O2/c1-10-18-13-8-11(2-3-14(13)20-10)9-17-15(19)12-4-6-16-7-5-12/h2-3,8,12,16H,4-7,9H2,1H3,(H,17,19). The van der Waals surface area contributed by atoms with Crippen LogP contribution in [-0.2, 0) is 11.3 Å². The van der Waals surface area contributed by atoms with Crippen LogP contribution in [0.4, 0.5) is 0 Å². The lowest BCUT2D eigenvalue weighted by Gasteiger charge is -2.21. The Balaban J connectivity index is 1.62. The van der Waals surface area contributed by atoms with Crippen molar-refractivity contribution < 1.29 is 9.21 Å². The molecule has 3 rings (SSSR count). The molecule has 1 fully saturated rings. The molecule has 0 bridgehead atoms. The molecule has 2 N–H and O–H groups in total. The number of nitrogens with zero attached hydrogens (tertiary/aromatic N) is 1. The third-order valence-electron chi connectivity index (χ3n) is 3.74. The van der Waals surface area contributed by atoms with Crippen LogP contribution in [0.2, 0.25) is 0 Å². The Morgan fingerprint density at radius 1 is 1.45 bits per heavy atom. The molecule has 1 aromatic heterocycles. The summed E-state index contributed by atoms with van der Waals surface area (Å²) in [5.41, 5.74) is 2.68. The number of rotatable bonds is 3. The fraction of sp³-hybridized carbons (Fsp3) is 0.467. The first kappa shape index (κ1) is 13.1. The summed E-state index contributed by atoms with van der Waals surface area (Å²) in [6.45, 7) is 4.24. The summed E-state index contributed by atoms with van der Waals surface area (Å²) in [7, 11) is 0. The highest BCUT2D eigenvalue weighted by atomic mass is 16.3. The van der Waals surface area contributed by atoms with Gasteiger partial charge in [-0.25, -0.2) is 4.98 Å². The number of carbonyl (C=O) groups is 1. The van der Waals surface area contributed by atoms with Gasteiger partial charge in [0.25, 0.3) is 0 Å². The van der Waals surface area contributed by atoms with E-state index in [1.54, 1.807) is 0 Å². The highest BCUT2D eigenvalue weighted by Crippen LogP contribution is 2.17. The topological polar surface area (TPSA) is 67.2 Å². The Morgan fingerprint density at radius 2 is 2.25 bits per heavy atom. The lowest BCUT2D eigenvalue weighted by atomic mass is 9.97.